The molecule has 0 N–H and O–H groups in total. The van der Waals surface area contributed by atoms with E-state index < -0.39 is 0 Å². The maximum atomic E-state index is 2.43. The summed E-state index contributed by atoms with van der Waals surface area (Å²) < 4.78 is 0. The minimum Gasteiger partial charge on any atom is -0.0689 e. The number of fused-ring (bicyclic) bond motifs is 1. The highest BCUT2D eigenvalue weighted by molar-refractivity contribution is 5.76. The number of rotatable bonds is 1. The second-order valence-electron chi connectivity index (χ2n) is 6.83. The average molecular weight is 298 g/mol. The average Bonchev–Trinajstić information content (AvgIpc) is 2.59. The molecular weight excluding hydrogens is 276 g/mol. The highest BCUT2D eigenvalue weighted by Crippen LogP contribution is 2.41. The van der Waals surface area contributed by atoms with Gasteiger partial charge in [-0.15, -0.1) is 0 Å². The smallest absolute Gasteiger partial charge is 0.00172 e. The molecule has 0 unspecified atom stereocenters. The van der Waals surface area contributed by atoms with E-state index in [0.717, 1.165) is 19.3 Å². The minimum absolute atomic E-state index is 1.09. The van der Waals surface area contributed by atoms with Gasteiger partial charge in [0.1, 0.15) is 0 Å². The van der Waals surface area contributed by atoms with Crippen molar-refractivity contribution >= 4 is 5.57 Å². The monoisotopic (exact) mass is 298 g/mol. The summed E-state index contributed by atoms with van der Waals surface area (Å²) in [6.45, 7) is 4.48. The SMILES string of the molecule is CC(C)=C1C=C(c2ccccc2)CC2=C1Cc1ccccc1C2. The molecule has 114 valence electrons. The van der Waals surface area contributed by atoms with Crippen molar-refractivity contribution in [3.63, 3.8) is 0 Å². The fourth-order valence-electron chi connectivity index (χ4n) is 3.84. The van der Waals surface area contributed by atoms with Gasteiger partial charge in [-0.3, -0.25) is 0 Å². The Balaban J connectivity index is 1.79. The molecule has 0 aromatic heterocycles. The van der Waals surface area contributed by atoms with Crippen molar-refractivity contribution in [2.75, 3.05) is 0 Å². The first-order valence-corrected chi connectivity index (χ1v) is 8.44. The van der Waals surface area contributed by atoms with E-state index in [1.54, 1.807) is 11.1 Å². The molecule has 0 aliphatic heterocycles. The van der Waals surface area contributed by atoms with Crippen molar-refractivity contribution in [2.45, 2.75) is 33.1 Å². The zero-order chi connectivity index (χ0) is 15.8. The zero-order valence-electron chi connectivity index (χ0n) is 13.9. The van der Waals surface area contributed by atoms with Gasteiger partial charge < -0.3 is 0 Å². The molecule has 0 saturated heterocycles. The van der Waals surface area contributed by atoms with E-state index in [1.165, 1.54) is 33.4 Å². The lowest BCUT2D eigenvalue weighted by molar-refractivity contribution is 0.919. The van der Waals surface area contributed by atoms with Crippen LogP contribution in [-0.2, 0) is 12.8 Å². The van der Waals surface area contributed by atoms with Gasteiger partial charge in [-0.1, -0.05) is 71.8 Å². The first kappa shape index (κ1) is 14.3. The number of hydrogen-bond acceptors (Lipinski definition) is 0. The van der Waals surface area contributed by atoms with Crippen molar-refractivity contribution in [3.05, 3.63) is 99.7 Å². The predicted molar refractivity (Wildman–Crippen MR) is 98.3 cm³/mol. The van der Waals surface area contributed by atoms with Gasteiger partial charge in [0.05, 0.1) is 0 Å². The van der Waals surface area contributed by atoms with Gasteiger partial charge in [-0.05, 0) is 66.5 Å². The Bertz CT molecular complexity index is 841. The Labute approximate surface area is 138 Å². The van der Waals surface area contributed by atoms with Crippen molar-refractivity contribution in [2.24, 2.45) is 0 Å². The van der Waals surface area contributed by atoms with Gasteiger partial charge in [0.25, 0.3) is 0 Å². The molecule has 0 heteroatoms. The van der Waals surface area contributed by atoms with Gasteiger partial charge in [-0.2, -0.15) is 0 Å². The van der Waals surface area contributed by atoms with Gasteiger partial charge in [0.2, 0.25) is 0 Å². The summed E-state index contributed by atoms with van der Waals surface area (Å²) in [4.78, 5) is 0. The molecule has 0 atom stereocenters. The molecule has 0 spiro atoms. The van der Waals surface area contributed by atoms with Gasteiger partial charge in [0, 0.05) is 0 Å². The molecule has 0 nitrogen and oxygen atoms in total. The summed E-state index contributed by atoms with van der Waals surface area (Å²) in [6.07, 6.45) is 5.71. The molecule has 0 heterocycles. The molecule has 0 fully saturated rings. The normalized spacial score (nSPS) is 16.6. The van der Waals surface area contributed by atoms with Crippen LogP contribution in [0.15, 0.2) is 83.0 Å². The molecule has 2 aliphatic rings. The van der Waals surface area contributed by atoms with E-state index in [4.69, 9.17) is 0 Å². The lowest BCUT2D eigenvalue weighted by Gasteiger charge is -2.29. The molecule has 0 bridgehead atoms. The molecule has 0 saturated carbocycles. The molecule has 0 radical (unpaired) electrons. The maximum absolute atomic E-state index is 2.43. The van der Waals surface area contributed by atoms with Crippen LogP contribution in [0.4, 0.5) is 0 Å². The minimum atomic E-state index is 1.09. The van der Waals surface area contributed by atoms with Crippen molar-refractivity contribution in [1.82, 2.24) is 0 Å². The van der Waals surface area contributed by atoms with Crippen LogP contribution in [0.25, 0.3) is 5.57 Å². The molecule has 0 amide bonds. The summed E-state index contributed by atoms with van der Waals surface area (Å²) in [5.41, 5.74) is 11.9. The molecule has 4 rings (SSSR count). The summed E-state index contributed by atoms with van der Waals surface area (Å²) in [6, 6.07) is 19.8. The number of benzene rings is 2. The van der Waals surface area contributed by atoms with E-state index in [-0.39, 0.29) is 0 Å². The summed E-state index contributed by atoms with van der Waals surface area (Å²) in [7, 11) is 0. The van der Waals surface area contributed by atoms with E-state index in [1.807, 2.05) is 0 Å². The molecule has 2 aromatic rings. The third-order valence-corrected chi connectivity index (χ3v) is 5.05. The lowest BCUT2D eigenvalue weighted by atomic mass is 9.75. The standard InChI is InChI=1S/C23H22/c1-16(2)22-15-20(17-8-4-3-5-9-17)13-21-12-18-10-6-7-11-19(18)14-23(21)22/h3-11,15H,12-14H2,1-2H3. The second-order valence-corrected chi connectivity index (χ2v) is 6.83. The van der Waals surface area contributed by atoms with Crippen LogP contribution in [0, 0.1) is 0 Å². The Kier molecular flexibility index (Phi) is 3.53. The van der Waals surface area contributed by atoms with Crippen LogP contribution >= 0.6 is 0 Å². The van der Waals surface area contributed by atoms with Gasteiger partial charge in [-0.25, -0.2) is 0 Å². The van der Waals surface area contributed by atoms with Crippen LogP contribution in [0.2, 0.25) is 0 Å². The third kappa shape index (κ3) is 2.59. The molecule has 23 heavy (non-hydrogen) atoms. The van der Waals surface area contributed by atoms with Crippen LogP contribution in [0.3, 0.4) is 0 Å². The highest BCUT2D eigenvalue weighted by Gasteiger charge is 2.24. The number of allylic oxidation sites excluding steroid dienone is 6. The quantitative estimate of drug-likeness (QED) is 0.614. The second kappa shape index (κ2) is 5.70. The predicted octanol–water partition coefficient (Wildman–Crippen LogP) is 5.91. The maximum Gasteiger partial charge on any atom is -0.00172 e. The van der Waals surface area contributed by atoms with E-state index in [0.29, 0.717) is 0 Å². The summed E-state index contributed by atoms with van der Waals surface area (Å²) in [5, 5.41) is 0. The Morgan fingerprint density at radius 1 is 0.739 bits per heavy atom. The number of hydrogen-bond donors (Lipinski definition) is 0. The van der Waals surface area contributed by atoms with Gasteiger partial charge >= 0.3 is 0 Å². The van der Waals surface area contributed by atoms with Crippen molar-refractivity contribution in [3.8, 4) is 0 Å². The third-order valence-electron chi connectivity index (χ3n) is 5.05. The van der Waals surface area contributed by atoms with Crippen LogP contribution in [-0.4, -0.2) is 0 Å². The first-order valence-electron chi connectivity index (χ1n) is 8.44. The lowest BCUT2D eigenvalue weighted by Crippen LogP contribution is -2.14. The summed E-state index contributed by atoms with van der Waals surface area (Å²) >= 11 is 0. The van der Waals surface area contributed by atoms with Crippen LogP contribution < -0.4 is 0 Å². The highest BCUT2D eigenvalue weighted by atomic mass is 14.3. The molecular formula is C23H22. The summed E-state index contributed by atoms with van der Waals surface area (Å²) in [5.74, 6) is 0. The Hall–Kier alpha value is -2.34. The molecule has 2 aliphatic carbocycles. The van der Waals surface area contributed by atoms with Crippen LogP contribution in [0.1, 0.15) is 37.0 Å². The van der Waals surface area contributed by atoms with Crippen molar-refractivity contribution in [1.29, 1.82) is 0 Å². The Morgan fingerprint density at radius 3 is 2.09 bits per heavy atom. The fraction of sp³-hybridized carbons (Fsp3) is 0.217. The zero-order valence-corrected chi connectivity index (χ0v) is 13.9. The van der Waals surface area contributed by atoms with E-state index >= 15 is 0 Å². The van der Waals surface area contributed by atoms with E-state index in [2.05, 4.69) is 74.5 Å². The van der Waals surface area contributed by atoms with Crippen LogP contribution in [0.5, 0.6) is 0 Å². The van der Waals surface area contributed by atoms with Gasteiger partial charge in [0.15, 0.2) is 0 Å². The first-order chi connectivity index (χ1) is 11.2. The molecule has 2 aromatic carbocycles. The topological polar surface area (TPSA) is 0 Å². The van der Waals surface area contributed by atoms with Crippen molar-refractivity contribution < 1.29 is 0 Å². The van der Waals surface area contributed by atoms with E-state index in [9.17, 15) is 0 Å². The largest absolute Gasteiger partial charge is 0.0689 e. The Morgan fingerprint density at radius 2 is 1.39 bits per heavy atom. The fourth-order valence-corrected chi connectivity index (χ4v) is 3.84.